The second kappa shape index (κ2) is 12.3. The first-order chi connectivity index (χ1) is 21.6. The third-order valence-corrected chi connectivity index (χ3v) is 9.57. The van der Waals surface area contributed by atoms with Crippen LogP contribution in [0.15, 0.2) is 101 Å². The summed E-state index contributed by atoms with van der Waals surface area (Å²) in [6.45, 7) is 9.18. The fourth-order valence-electron chi connectivity index (χ4n) is 7.14. The molecule has 1 amide bonds. The molecule has 44 heavy (non-hydrogen) atoms. The lowest BCUT2D eigenvalue weighted by Gasteiger charge is -2.33. The summed E-state index contributed by atoms with van der Waals surface area (Å²) >= 11 is 0. The summed E-state index contributed by atoms with van der Waals surface area (Å²) in [5, 5.41) is 0. The van der Waals surface area contributed by atoms with E-state index in [4.69, 9.17) is 9.40 Å². The minimum atomic E-state index is -0.0349. The van der Waals surface area contributed by atoms with Gasteiger partial charge in [-0.3, -0.25) is 4.79 Å². The van der Waals surface area contributed by atoms with Gasteiger partial charge in [-0.15, -0.1) is 0 Å². The maximum absolute atomic E-state index is 13.4. The number of carbonyl (C=O) groups excluding carboxylic acids is 1. The lowest BCUT2D eigenvalue weighted by atomic mass is 9.76. The van der Waals surface area contributed by atoms with Crippen LogP contribution in [0.3, 0.4) is 0 Å². The average Bonchev–Trinajstić information content (AvgIpc) is 3.74. The maximum Gasteiger partial charge on any atom is 0.253 e. The highest BCUT2D eigenvalue weighted by atomic mass is 16.3. The van der Waals surface area contributed by atoms with Gasteiger partial charge < -0.3 is 23.7 Å². The number of benzene rings is 3. The molecule has 2 fully saturated rings. The first-order valence-electron chi connectivity index (χ1n) is 16.0. The van der Waals surface area contributed by atoms with E-state index >= 15 is 0 Å². The van der Waals surface area contributed by atoms with Crippen LogP contribution in [0.4, 0.5) is 5.95 Å². The van der Waals surface area contributed by atoms with E-state index in [1.54, 1.807) is 0 Å². The Hall–Kier alpha value is -4.36. The van der Waals surface area contributed by atoms with Crippen molar-refractivity contribution in [2.75, 3.05) is 50.7 Å². The number of fused-ring (bicyclic) bond motifs is 1. The van der Waals surface area contributed by atoms with E-state index in [-0.39, 0.29) is 11.3 Å². The summed E-state index contributed by atoms with van der Waals surface area (Å²) < 4.78 is 8.27. The Labute approximate surface area is 259 Å². The Morgan fingerprint density at radius 2 is 1.61 bits per heavy atom. The Morgan fingerprint density at radius 3 is 2.41 bits per heavy atom. The smallest absolute Gasteiger partial charge is 0.253 e. The maximum atomic E-state index is 13.4. The number of furan rings is 1. The third-order valence-electron chi connectivity index (χ3n) is 9.57. The molecule has 7 heteroatoms. The summed E-state index contributed by atoms with van der Waals surface area (Å²) in [6.07, 6.45) is 3.11. The van der Waals surface area contributed by atoms with Crippen LogP contribution in [0.1, 0.15) is 46.7 Å². The van der Waals surface area contributed by atoms with Crippen molar-refractivity contribution >= 4 is 22.9 Å². The molecule has 2 saturated heterocycles. The monoisotopic (exact) mass is 587 g/mol. The highest BCUT2D eigenvalue weighted by molar-refractivity contribution is 5.94. The topological polar surface area (TPSA) is 57.8 Å². The van der Waals surface area contributed by atoms with Crippen LogP contribution in [-0.4, -0.2) is 71.1 Å². The van der Waals surface area contributed by atoms with Crippen LogP contribution >= 0.6 is 0 Å². The predicted octanol–water partition coefficient (Wildman–Crippen LogP) is 6.37. The molecule has 7 rings (SSSR count). The van der Waals surface area contributed by atoms with E-state index in [1.165, 1.54) is 5.56 Å². The molecule has 0 spiro atoms. The standard InChI is InChI=1S/C37H41N5O2/c1-29-17-18-32(44-29)27-42-34-16-9-8-15-33(34)38-36(42)40-22-10-21-39(25-26-40)23-19-37(31-13-6-3-7-14-31)20-24-41(28-37)35(43)30-11-4-2-5-12-30/h2-9,11-18H,10,19-28H2,1H3. The number of aromatic nitrogens is 2. The average molecular weight is 588 g/mol. The van der Waals surface area contributed by atoms with Crippen molar-refractivity contribution in [3.63, 3.8) is 0 Å². The molecule has 4 heterocycles. The number of amides is 1. The number of hydrogen-bond donors (Lipinski definition) is 0. The molecule has 0 N–H and O–H groups in total. The lowest BCUT2D eigenvalue weighted by molar-refractivity contribution is 0.0781. The zero-order chi connectivity index (χ0) is 29.9. The fraction of sp³-hybridized carbons (Fsp3) is 0.351. The van der Waals surface area contributed by atoms with Crippen LogP contribution < -0.4 is 4.90 Å². The van der Waals surface area contributed by atoms with Gasteiger partial charge in [-0.1, -0.05) is 60.7 Å². The Morgan fingerprint density at radius 1 is 0.841 bits per heavy atom. The van der Waals surface area contributed by atoms with Gasteiger partial charge in [0.2, 0.25) is 5.95 Å². The van der Waals surface area contributed by atoms with Crippen molar-refractivity contribution in [3.8, 4) is 0 Å². The number of para-hydroxylation sites is 2. The normalized spacial score (nSPS) is 19.5. The van der Waals surface area contributed by atoms with Gasteiger partial charge >= 0.3 is 0 Å². The predicted molar refractivity (Wildman–Crippen MR) is 175 cm³/mol. The first-order valence-corrected chi connectivity index (χ1v) is 16.0. The molecule has 1 atom stereocenters. The summed E-state index contributed by atoms with van der Waals surface area (Å²) in [7, 11) is 0. The second-order valence-corrected chi connectivity index (χ2v) is 12.4. The van der Waals surface area contributed by atoms with E-state index < -0.39 is 0 Å². The third kappa shape index (κ3) is 5.76. The number of anilines is 1. The fourth-order valence-corrected chi connectivity index (χ4v) is 7.14. The summed E-state index contributed by atoms with van der Waals surface area (Å²) in [5.41, 5.74) is 4.25. The number of likely N-dealkylation sites (tertiary alicyclic amines) is 1. The highest BCUT2D eigenvalue weighted by Crippen LogP contribution is 2.39. The van der Waals surface area contributed by atoms with Crippen LogP contribution in [0.2, 0.25) is 0 Å². The van der Waals surface area contributed by atoms with E-state index in [2.05, 4.69) is 79.9 Å². The van der Waals surface area contributed by atoms with Crippen molar-refractivity contribution < 1.29 is 9.21 Å². The molecule has 1 unspecified atom stereocenters. The van der Waals surface area contributed by atoms with Gasteiger partial charge in [-0.2, -0.15) is 0 Å². The van der Waals surface area contributed by atoms with Crippen molar-refractivity contribution in [1.82, 2.24) is 19.4 Å². The van der Waals surface area contributed by atoms with Crippen molar-refractivity contribution in [2.45, 2.75) is 38.1 Å². The van der Waals surface area contributed by atoms with Gasteiger partial charge in [0.15, 0.2) is 0 Å². The minimum absolute atomic E-state index is 0.0349. The van der Waals surface area contributed by atoms with Crippen LogP contribution in [0.25, 0.3) is 11.0 Å². The second-order valence-electron chi connectivity index (χ2n) is 12.4. The largest absolute Gasteiger partial charge is 0.464 e. The van der Waals surface area contributed by atoms with Crippen molar-refractivity contribution in [3.05, 3.63) is 120 Å². The van der Waals surface area contributed by atoms with E-state index in [1.807, 2.05) is 43.3 Å². The molecule has 226 valence electrons. The number of carbonyl (C=O) groups is 1. The molecular formula is C37H41N5O2. The minimum Gasteiger partial charge on any atom is -0.464 e. The Bertz CT molecular complexity index is 1710. The van der Waals surface area contributed by atoms with Crippen LogP contribution in [0, 0.1) is 6.92 Å². The van der Waals surface area contributed by atoms with Gasteiger partial charge in [0.05, 0.1) is 17.6 Å². The zero-order valence-corrected chi connectivity index (χ0v) is 25.6. The van der Waals surface area contributed by atoms with Crippen molar-refractivity contribution in [1.29, 1.82) is 0 Å². The van der Waals surface area contributed by atoms with Gasteiger partial charge in [-0.05, 0) is 81.2 Å². The molecular weight excluding hydrogens is 546 g/mol. The molecule has 0 aliphatic carbocycles. The van der Waals surface area contributed by atoms with Gasteiger partial charge in [0.25, 0.3) is 5.91 Å². The molecule has 0 saturated carbocycles. The molecule has 2 aliphatic rings. The molecule has 7 nitrogen and oxygen atoms in total. The Kier molecular flexibility index (Phi) is 7.96. The molecule has 0 radical (unpaired) electrons. The molecule has 0 bridgehead atoms. The summed E-state index contributed by atoms with van der Waals surface area (Å²) in [4.78, 5) is 25.6. The van der Waals surface area contributed by atoms with Gasteiger partial charge in [0, 0.05) is 43.7 Å². The number of rotatable bonds is 8. The number of imidazole rings is 1. The first kappa shape index (κ1) is 28.4. The van der Waals surface area contributed by atoms with Crippen molar-refractivity contribution in [2.24, 2.45) is 0 Å². The molecule has 2 aromatic heterocycles. The lowest BCUT2D eigenvalue weighted by Crippen LogP contribution is -2.39. The SMILES string of the molecule is Cc1ccc(Cn2c(N3CCCN(CCC4(c5ccccc5)CCN(C(=O)c5ccccc5)C4)CC3)nc3ccccc32)o1. The Balaban J connectivity index is 1.06. The van der Waals surface area contributed by atoms with Crippen LogP contribution in [-0.2, 0) is 12.0 Å². The van der Waals surface area contributed by atoms with Gasteiger partial charge in [-0.25, -0.2) is 4.98 Å². The van der Waals surface area contributed by atoms with E-state index in [0.717, 1.165) is 99.1 Å². The zero-order valence-electron chi connectivity index (χ0n) is 25.6. The highest BCUT2D eigenvalue weighted by Gasteiger charge is 2.41. The molecule has 5 aromatic rings. The number of nitrogens with zero attached hydrogens (tertiary/aromatic N) is 5. The summed E-state index contributed by atoms with van der Waals surface area (Å²) in [6, 6.07) is 33.1. The van der Waals surface area contributed by atoms with E-state index in [0.29, 0.717) is 6.54 Å². The quantitative estimate of drug-likeness (QED) is 0.211. The summed E-state index contributed by atoms with van der Waals surface area (Å²) in [5.74, 6) is 3.04. The van der Waals surface area contributed by atoms with Crippen LogP contribution in [0.5, 0.6) is 0 Å². The molecule has 3 aromatic carbocycles. The van der Waals surface area contributed by atoms with Gasteiger partial charge in [0.1, 0.15) is 11.5 Å². The van der Waals surface area contributed by atoms with E-state index in [9.17, 15) is 4.79 Å². The number of hydrogen-bond acceptors (Lipinski definition) is 5. The number of aryl methyl sites for hydroxylation is 1. The molecule has 2 aliphatic heterocycles.